The summed E-state index contributed by atoms with van der Waals surface area (Å²) in [4.78, 5) is 11.4. The van der Waals surface area contributed by atoms with E-state index < -0.39 is 65.4 Å². The number of carboxylic acid groups (broad SMARTS) is 1. The van der Waals surface area contributed by atoms with Crippen molar-refractivity contribution < 1.29 is 54.8 Å². The second-order valence-corrected chi connectivity index (χ2v) is 5.82. The number of methoxy groups -OCH3 is 1. The molecule has 1 fully saturated rings. The number of rotatable bonds is 5. The summed E-state index contributed by atoms with van der Waals surface area (Å²) in [6.45, 7) is -2.97. The van der Waals surface area contributed by atoms with Gasteiger partial charge in [0.15, 0.2) is 23.3 Å². The minimum absolute atomic E-state index is 0.514. The van der Waals surface area contributed by atoms with Crippen LogP contribution in [0.4, 0.5) is 30.7 Å². The number of aliphatic carboxylic acids is 1. The summed E-state index contributed by atoms with van der Waals surface area (Å²) >= 11 is 0. The molecule has 1 aromatic rings. The number of hydrogen-bond acceptors (Lipinski definition) is 4. The molecule has 0 aromatic heterocycles. The first-order valence-electron chi connectivity index (χ1n) is 7.28. The summed E-state index contributed by atoms with van der Waals surface area (Å²) < 4.78 is 106. The van der Waals surface area contributed by atoms with Crippen LogP contribution in [0.25, 0.3) is 0 Å². The molecule has 2 rings (SSSR count). The molecule has 152 valence electrons. The van der Waals surface area contributed by atoms with Crippen molar-refractivity contribution in [3.8, 4) is 5.75 Å². The van der Waals surface area contributed by atoms with Crippen molar-refractivity contribution in [2.45, 2.75) is 43.4 Å². The first-order chi connectivity index (χ1) is 12.3. The van der Waals surface area contributed by atoms with Crippen LogP contribution in [0.3, 0.4) is 0 Å². The van der Waals surface area contributed by atoms with Crippen molar-refractivity contribution in [3.05, 3.63) is 29.3 Å². The maximum Gasteiger partial charge on any atom is 0.419 e. The molecule has 5 nitrogen and oxygen atoms in total. The van der Waals surface area contributed by atoms with Gasteiger partial charge in [0.2, 0.25) is 5.82 Å². The zero-order chi connectivity index (χ0) is 20.7. The summed E-state index contributed by atoms with van der Waals surface area (Å²) in [6, 6.07) is 1.20. The second kappa shape index (κ2) is 7.15. The second-order valence-electron chi connectivity index (χ2n) is 5.82. The molecule has 0 saturated carbocycles. The maximum absolute atomic E-state index is 14.4. The van der Waals surface area contributed by atoms with E-state index in [0.29, 0.717) is 19.1 Å². The number of carbonyl (C=O) groups is 1. The number of halogens is 7. The predicted octanol–water partition coefficient (Wildman–Crippen LogP) is 3.47. The van der Waals surface area contributed by atoms with Crippen LogP contribution in [0.15, 0.2) is 12.1 Å². The Hall–Kier alpha value is -2.08. The Bertz CT molecular complexity index is 723. The number of hydrogen-bond donors (Lipinski definition) is 1. The summed E-state index contributed by atoms with van der Waals surface area (Å²) in [6.07, 6.45) is -9.41. The third kappa shape index (κ3) is 3.55. The minimum Gasteiger partial charge on any atom is -0.479 e. The third-order valence-corrected chi connectivity index (χ3v) is 4.28. The Kier molecular flexibility index (Phi) is 5.62. The Morgan fingerprint density at radius 1 is 1.26 bits per heavy atom. The van der Waals surface area contributed by atoms with Crippen LogP contribution >= 0.6 is 0 Å². The van der Waals surface area contributed by atoms with E-state index in [-0.39, 0.29) is 0 Å². The topological polar surface area (TPSA) is 65.0 Å². The molecule has 0 aliphatic carbocycles. The number of carboxylic acids is 1. The zero-order valence-corrected chi connectivity index (χ0v) is 13.7. The van der Waals surface area contributed by atoms with Crippen molar-refractivity contribution in [2.75, 3.05) is 7.11 Å². The van der Waals surface area contributed by atoms with Crippen LogP contribution < -0.4 is 4.74 Å². The molecule has 1 aliphatic heterocycles. The molecule has 0 radical (unpaired) electrons. The van der Waals surface area contributed by atoms with E-state index in [1.54, 1.807) is 0 Å². The van der Waals surface area contributed by atoms with Gasteiger partial charge in [-0.1, -0.05) is 6.07 Å². The molecule has 0 spiro atoms. The first-order valence-corrected chi connectivity index (χ1v) is 7.28. The van der Waals surface area contributed by atoms with Gasteiger partial charge in [-0.05, 0) is 13.0 Å². The van der Waals surface area contributed by atoms with Gasteiger partial charge in [0.25, 0.3) is 0 Å². The third-order valence-electron chi connectivity index (χ3n) is 4.28. The lowest BCUT2D eigenvalue weighted by molar-refractivity contribution is -0.284. The van der Waals surface area contributed by atoms with Gasteiger partial charge in [0, 0.05) is 12.7 Å². The van der Waals surface area contributed by atoms with Crippen LogP contribution in [0.1, 0.15) is 18.4 Å². The molecule has 1 heterocycles. The van der Waals surface area contributed by atoms with E-state index in [4.69, 9.17) is 4.74 Å². The summed E-state index contributed by atoms with van der Waals surface area (Å²) in [5.41, 5.74) is -3.99. The molecule has 4 unspecified atom stereocenters. The zero-order valence-electron chi connectivity index (χ0n) is 13.7. The first kappa shape index (κ1) is 21.2. The van der Waals surface area contributed by atoms with Crippen LogP contribution in [0.2, 0.25) is 0 Å². The Morgan fingerprint density at radius 2 is 1.85 bits per heavy atom. The van der Waals surface area contributed by atoms with Gasteiger partial charge in [-0.15, -0.1) is 0 Å². The van der Waals surface area contributed by atoms with E-state index >= 15 is 0 Å². The lowest BCUT2D eigenvalue weighted by Crippen LogP contribution is -2.51. The molecular weight excluding hydrogens is 393 g/mol. The molecule has 0 amide bonds. The van der Waals surface area contributed by atoms with Gasteiger partial charge in [-0.2, -0.15) is 26.3 Å². The Labute approximate surface area is 147 Å². The van der Waals surface area contributed by atoms with E-state index in [0.717, 1.165) is 7.11 Å². The summed E-state index contributed by atoms with van der Waals surface area (Å²) in [5.74, 6) is -8.74. The standard InChI is InChI=1S/C15H13F7O5/c1-14(15(20,21)22)11(25-2)7(10(27-14)12(23)24)5-3-4-6(26-13(18)19)9(17)8(5)16/h3-4,7,10-11,13H,1-2H3,(H,23,24). The molecule has 1 N–H and O–H groups in total. The van der Waals surface area contributed by atoms with Gasteiger partial charge in [0.05, 0.1) is 5.92 Å². The summed E-state index contributed by atoms with van der Waals surface area (Å²) in [5, 5.41) is 9.20. The quantitative estimate of drug-likeness (QED) is 0.759. The van der Waals surface area contributed by atoms with Gasteiger partial charge in [-0.3, -0.25) is 0 Å². The smallest absolute Gasteiger partial charge is 0.419 e. The van der Waals surface area contributed by atoms with Gasteiger partial charge in [-0.25, -0.2) is 9.18 Å². The minimum atomic E-state index is -5.11. The molecular formula is C15H13F7O5. The highest BCUT2D eigenvalue weighted by atomic mass is 19.4. The molecule has 1 aliphatic rings. The fourth-order valence-electron chi connectivity index (χ4n) is 3.03. The van der Waals surface area contributed by atoms with Crippen LogP contribution in [0.5, 0.6) is 5.75 Å². The number of benzene rings is 1. The van der Waals surface area contributed by atoms with Crippen LogP contribution in [-0.4, -0.2) is 48.8 Å². The van der Waals surface area contributed by atoms with E-state index in [1.165, 1.54) is 0 Å². The molecule has 1 aromatic carbocycles. The van der Waals surface area contributed by atoms with Crippen LogP contribution in [-0.2, 0) is 14.3 Å². The highest BCUT2D eigenvalue weighted by Gasteiger charge is 2.68. The molecule has 1 saturated heterocycles. The van der Waals surface area contributed by atoms with Crippen molar-refractivity contribution >= 4 is 5.97 Å². The fourth-order valence-corrected chi connectivity index (χ4v) is 3.03. The summed E-state index contributed by atoms with van der Waals surface area (Å²) in [7, 11) is 0.817. The van der Waals surface area contributed by atoms with Crippen LogP contribution in [0, 0.1) is 11.6 Å². The lowest BCUT2D eigenvalue weighted by atomic mass is 9.83. The maximum atomic E-state index is 14.4. The molecule has 12 heteroatoms. The average Bonchev–Trinajstić information content (AvgIpc) is 2.85. The molecule has 27 heavy (non-hydrogen) atoms. The highest BCUT2D eigenvalue weighted by molar-refractivity contribution is 5.75. The van der Waals surface area contributed by atoms with Crippen molar-refractivity contribution in [3.63, 3.8) is 0 Å². The number of ether oxygens (including phenoxy) is 3. The largest absolute Gasteiger partial charge is 0.479 e. The Morgan fingerprint density at radius 3 is 2.30 bits per heavy atom. The van der Waals surface area contributed by atoms with Crippen molar-refractivity contribution in [1.29, 1.82) is 0 Å². The lowest BCUT2D eigenvalue weighted by Gasteiger charge is -2.32. The number of alkyl halides is 5. The Balaban J connectivity index is 2.60. The van der Waals surface area contributed by atoms with E-state index in [9.17, 15) is 40.6 Å². The average molecular weight is 406 g/mol. The fraction of sp³-hybridized carbons (Fsp3) is 0.533. The SMILES string of the molecule is COC1C(c2ccc(OC(F)F)c(F)c2F)C(C(=O)O)OC1(C)C(F)(F)F. The normalized spacial score (nSPS) is 28.6. The van der Waals surface area contributed by atoms with Gasteiger partial charge in [0.1, 0.15) is 6.10 Å². The van der Waals surface area contributed by atoms with E-state index in [2.05, 4.69) is 9.47 Å². The van der Waals surface area contributed by atoms with Gasteiger partial charge >= 0.3 is 18.8 Å². The van der Waals surface area contributed by atoms with E-state index in [1.807, 2.05) is 0 Å². The molecule has 0 bridgehead atoms. The van der Waals surface area contributed by atoms with Gasteiger partial charge < -0.3 is 19.3 Å². The highest BCUT2D eigenvalue weighted by Crippen LogP contribution is 2.51. The monoisotopic (exact) mass is 406 g/mol. The molecule has 4 atom stereocenters. The van der Waals surface area contributed by atoms with Crippen molar-refractivity contribution in [1.82, 2.24) is 0 Å². The predicted molar refractivity (Wildman–Crippen MR) is 73.5 cm³/mol. The van der Waals surface area contributed by atoms with Crippen molar-refractivity contribution in [2.24, 2.45) is 0 Å².